The van der Waals surface area contributed by atoms with Gasteiger partial charge < -0.3 is 10.8 Å². The standard InChI is InChI=1S/C9H16N2O2/c10-8-3-6-11(7-4-8)5-1-2-9(12)13/h1-2,8H,3-7,10H2,(H,12,13)/b2-1+. The Morgan fingerprint density at radius 2 is 2.15 bits per heavy atom. The van der Waals surface area contributed by atoms with Crippen molar-refractivity contribution in [1.82, 2.24) is 4.90 Å². The molecule has 3 N–H and O–H groups in total. The van der Waals surface area contributed by atoms with Gasteiger partial charge in [0.25, 0.3) is 0 Å². The van der Waals surface area contributed by atoms with Gasteiger partial charge >= 0.3 is 5.97 Å². The van der Waals surface area contributed by atoms with E-state index in [0.29, 0.717) is 6.04 Å². The lowest BCUT2D eigenvalue weighted by atomic mass is 10.1. The van der Waals surface area contributed by atoms with Crippen LogP contribution in [0.15, 0.2) is 12.2 Å². The van der Waals surface area contributed by atoms with Crippen molar-refractivity contribution in [2.24, 2.45) is 5.73 Å². The Morgan fingerprint density at radius 3 is 2.69 bits per heavy atom. The summed E-state index contributed by atoms with van der Waals surface area (Å²) in [7, 11) is 0. The van der Waals surface area contributed by atoms with E-state index in [-0.39, 0.29) is 0 Å². The van der Waals surface area contributed by atoms with Crippen molar-refractivity contribution in [2.45, 2.75) is 18.9 Å². The molecule has 0 unspecified atom stereocenters. The maximum absolute atomic E-state index is 10.2. The Hall–Kier alpha value is -0.870. The van der Waals surface area contributed by atoms with Crippen LogP contribution in [0.1, 0.15) is 12.8 Å². The monoisotopic (exact) mass is 184 g/mol. The Balaban J connectivity index is 2.19. The van der Waals surface area contributed by atoms with Crippen molar-refractivity contribution in [2.75, 3.05) is 19.6 Å². The zero-order valence-electron chi connectivity index (χ0n) is 7.65. The summed E-state index contributed by atoms with van der Waals surface area (Å²) >= 11 is 0. The summed E-state index contributed by atoms with van der Waals surface area (Å²) in [5.74, 6) is -0.881. The maximum Gasteiger partial charge on any atom is 0.328 e. The molecule has 1 aliphatic rings. The van der Waals surface area contributed by atoms with Crippen molar-refractivity contribution in [1.29, 1.82) is 0 Å². The molecular weight excluding hydrogens is 168 g/mol. The number of hydrogen-bond acceptors (Lipinski definition) is 3. The molecule has 4 nitrogen and oxygen atoms in total. The lowest BCUT2D eigenvalue weighted by Crippen LogP contribution is -2.39. The van der Waals surface area contributed by atoms with Gasteiger partial charge in [0.15, 0.2) is 0 Å². The number of nitrogens with zero attached hydrogens (tertiary/aromatic N) is 1. The van der Waals surface area contributed by atoms with E-state index in [1.807, 2.05) is 0 Å². The van der Waals surface area contributed by atoms with Crippen molar-refractivity contribution >= 4 is 5.97 Å². The van der Waals surface area contributed by atoms with Crippen LogP contribution in [0.25, 0.3) is 0 Å². The van der Waals surface area contributed by atoms with E-state index in [2.05, 4.69) is 4.90 Å². The van der Waals surface area contributed by atoms with Crippen LogP contribution in [-0.2, 0) is 4.79 Å². The molecule has 0 radical (unpaired) electrons. The van der Waals surface area contributed by atoms with Crippen molar-refractivity contribution in [3.05, 3.63) is 12.2 Å². The highest BCUT2D eigenvalue weighted by molar-refractivity contribution is 5.79. The van der Waals surface area contributed by atoms with Gasteiger partial charge in [0.2, 0.25) is 0 Å². The molecule has 1 saturated heterocycles. The fourth-order valence-corrected chi connectivity index (χ4v) is 1.44. The van der Waals surface area contributed by atoms with Crippen LogP contribution >= 0.6 is 0 Å². The average Bonchev–Trinajstić information content (AvgIpc) is 2.08. The summed E-state index contributed by atoms with van der Waals surface area (Å²) in [6, 6.07) is 0.333. The third-order valence-corrected chi connectivity index (χ3v) is 2.26. The second kappa shape index (κ2) is 4.99. The Morgan fingerprint density at radius 1 is 1.54 bits per heavy atom. The molecule has 0 amide bonds. The molecule has 0 spiro atoms. The van der Waals surface area contributed by atoms with E-state index < -0.39 is 5.97 Å². The van der Waals surface area contributed by atoms with Gasteiger partial charge in [-0.15, -0.1) is 0 Å². The fraction of sp³-hybridized carbons (Fsp3) is 0.667. The van der Waals surface area contributed by atoms with Gasteiger partial charge in [-0.05, 0) is 25.9 Å². The number of aliphatic carboxylic acids is 1. The van der Waals surface area contributed by atoms with E-state index >= 15 is 0 Å². The third kappa shape index (κ3) is 4.05. The largest absolute Gasteiger partial charge is 0.478 e. The minimum atomic E-state index is -0.881. The smallest absolute Gasteiger partial charge is 0.328 e. The molecule has 0 bridgehead atoms. The van der Waals surface area contributed by atoms with Crippen LogP contribution in [-0.4, -0.2) is 41.7 Å². The lowest BCUT2D eigenvalue weighted by molar-refractivity contribution is -0.131. The van der Waals surface area contributed by atoms with E-state index in [0.717, 1.165) is 32.5 Å². The Kier molecular flexibility index (Phi) is 3.92. The topological polar surface area (TPSA) is 66.6 Å². The van der Waals surface area contributed by atoms with E-state index in [1.54, 1.807) is 6.08 Å². The molecule has 0 saturated carbocycles. The maximum atomic E-state index is 10.2. The number of carboxylic acids is 1. The van der Waals surface area contributed by atoms with Crippen molar-refractivity contribution < 1.29 is 9.90 Å². The highest BCUT2D eigenvalue weighted by Crippen LogP contribution is 2.07. The molecule has 13 heavy (non-hydrogen) atoms. The summed E-state index contributed by atoms with van der Waals surface area (Å²) in [6.07, 6.45) is 4.90. The van der Waals surface area contributed by atoms with Crippen LogP contribution in [0, 0.1) is 0 Å². The number of carbonyl (C=O) groups is 1. The first-order chi connectivity index (χ1) is 6.18. The summed E-state index contributed by atoms with van der Waals surface area (Å²) < 4.78 is 0. The van der Waals surface area contributed by atoms with Crippen LogP contribution in [0.3, 0.4) is 0 Å². The SMILES string of the molecule is NC1CCN(C/C=C/C(=O)O)CC1. The zero-order valence-corrected chi connectivity index (χ0v) is 7.65. The predicted molar refractivity (Wildman–Crippen MR) is 50.4 cm³/mol. The van der Waals surface area contributed by atoms with Gasteiger partial charge in [0, 0.05) is 18.7 Å². The molecule has 74 valence electrons. The normalized spacial score (nSPS) is 21.0. The molecule has 0 aliphatic carbocycles. The molecule has 4 heteroatoms. The highest BCUT2D eigenvalue weighted by atomic mass is 16.4. The minimum Gasteiger partial charge on any atom is -0.478 e. The van der Waals surface area contributed by atoms with Gasteiger partial charge in [-0.25, -0.2) is 4.79 Å². The molecule has 1 heterocycles. The first kappa shape index (κ1) is 10.2. The van der Waals surface area contributed by atoms with Crippen LogP contribution in [0.4, 0.5) is 0 Å². The Labute approximate surface area is 78.0 Å². The van der Waals surface area contributed by atoms with Gasteiger partial charge in [-0.3, -0.25) is 4.90 Å². The quantitative estimate of drug-likeness (QED) is 0.608. The second-order valence-electron chi connectivity index (χ2n) is 3.38. The van der Waals surface area contributed by atoms with E-state index in [1.165, 1.54) is 6.08 Å². The average molecular weight is 184 g/mol. The summed E-state index contributed by atoms with van der Waals surface area (Å²) in [4.78, 5) is 12.4. The van der Waals surface area contributed by atoms with Crippen LogP contribution < -0.4 is 5.73 Å². The first-order valence-electron chi connectivity index (χ1n) is 4.56. The Bertz CT molecular complexity index is 196. The number of piperidine rings is 1. The number of rotatable bonds is 3. The molecule has 0 atom stereocenters. The van der Waals surface area contributed by atoms with Crippen molar-refractivity contribution in [3.8, 4) is 0 Å². The van der Waals surface area contributed by atoms with Gasteiger partial charge in [0.05, 0.1) is 0 Å². The lowest BCUT2D eigenvalue weighted by Gasteiger charge is -2.28. The predicted octanol–water partition coefficient (Wildman–Crippen LogP) is 0.0503. The molecule has 0 aromatic rings. The van der Waals surface area contributed by atoms with E-state index in [9.17, 15) is 4.79 Å². The highest BCUT2D eigenvalue weighted by Gasteiger charge is 2.14. The third-order valence-electron chi connectivity index (χ3n) is 2.26. The van der Waals surface area contributed by atoms with Gasteiger partial charge in [-0.2, -0.15) is 0 Å². The molecule has 1 aliphatic heterocycles. The fourth-order valence-electron chi connectivity index (χ4n) is 1.44. The van der Waals surface area contributed by atoms with Gasteiger partial charge in [0.1, 0.15) is 0 Å². The number of likely N-dealkylation sites (tertiary alicyclic amines) is 1. The van der Waals surface area contributed by atoms with Gasteiger partial charge in [-0.1, -0.05) is 6.08 Å². The molecule has 0 aromatic heterocycles. The number of nitrogens with two attached hydrogens (primary N) is 1. The van der Waals surface area contributed by atoms with Crippen LogP contribution in [0.2, 0.25) is 0 Å². The number of carboxylic acid groups (broad SMARTS) is 1. The van der Waals surface area contributed by atoms with E-state index in [4.69, 9.17) is 10.8 Å². The second-order valence-corrected chi connectivity index (χ2v) is 3.38. The summed E-state index contributed by atoms with van der Waals surface area (Å²) in [5.41, 5.74) is 5.74. The molecule has 1 fully saturated rings. The molecule has 1 rings (SSSR count). The zero-order chi connectivity index (χ0) is 9.68. The molecule has 0 aromatic carbocycles. The minimum absolute atomic E-state index is 0.333. The number of hydrogen-bond donors (Lipinski definition) is 2. The summed E-state index contributed by atoms with van der Waals surface area (Å²) in [6.45, 7) is 2.68. The van der Waals surface area contributed by atoms with Crippen LogP contribution in [0.5, 0.6) is 0 Å². The summed E-state index contributed by atoms with van der Waals surface area (Å²) in [5, 5.41) is 8.36. The van der Waals surface area contributed by atoms with Crippen molar-refractivity contribution in [3.63, 3.8) is 0 Å². The first-order valence-corrected chi connectivity index (χ1v) is 4.56. The molecular formula is C9H16N2O2.